The maximum atomic E-state index is 12.6. The summed E-state index contributed by atoms with van der Waals surface area (Å²) < 4.78 is 10.1. The predicted molar refractivity (Wildman–Crippen MR) is 95.5 cm³/mol. The van der Waals surface area contributed by atoms with Gasteiger partial charge in [0.1, 0.15) is 10.2 Å². The van der Waals surface area contributed by atoms with Crippen molar-refractivity contribution in [2.75, 3.05) is 12.4 Å². The van der Waals surface area contributed by atoms with Gasteiger partial charge in [0.05, 0.1) is 13.0 Å². The number of benzene rings is 1. The molecular weight excluding hydrogens is 365 g/mol. The van der Waals surface area contributed by atoms with E-state index in [4.69, 9.17) is 32.6 Å². The van der Waals surface area contributed by atoms with Crippen LogP contribution in [0.25, 0.3) is 11.3 Å². The Hall–Kier alpha value is -2.05. The van der Waals surface area contributed by atoms with Gasteiger partial charge in [-0.1, -0.05) is 37.0 Å². The van der Waals surface area contributed by atoms with Crippen molar-refractivity contribution >= 4 is 34.9 Å². The minimum Gasteiger partial charge on any atom is -0.497 e. The van der Waals surface area contributed by atoms with E-state index in [0.29, 0.717) is 5.69 Å². The molecule has 0 radical (unpaired) electrons. The lowest BCUT2D eigenvalue weighted by Crippen LogP contribution is -2.17. The first-order valence-electron chi connectivity index (χ1n) is 7.65. The molecule has 1 aromatic carbocycles. The van der Waals surface area contributed by atoms with Crippen molar-refractivity contribution in [2.45, 2.75) is 13.8 Å². The molecule has 1 fully saturated rings. The number of nitrogens with zero attached hydrogens (tertiary/aromatic N) is 2. The van der Waals surface area contributed by atoms with Gasteiger partial charge in [-0.3, -0.25) is 4.79 Å². The molecule has 0 aliphatic heterocycles. The predicted octanol–water partition coefficient (Wildman–Crippen LogP) is 4.27. The number of halogens is 2. The summed E-state index contributed by atoms with van der Waals surface area (Å²) in [7, 11) is 1.59. The number of carbonyl (C=O) groups excluding carboxylic acids is 1. The van der Waals surface area contributed by atoms with Crippen LogP contribution in [0.15, 0.2) is 39.5 Å². The van der Waals surface area contributed by atoms with E-state index in [9.17, 15) is 4.79 Å². The number of amides is 1. The van der Waals surface area contributed by atoms with Crippen LogP contribution in [0.1, 0.15) is 13.8 Å². The van der Waals surface area contributed by atoms with E-state index in [1.165, 1.54) is 0 Å². The van der Waals surface area contributed by atoms with Crippen LogP contribution < -0.4 is 10.1 Å². The molecule has 0 spiro atoms. The SMILES string of the molecule is COc1ccc(-c2nonc2NC(=O)[C@H]2[C@H](C=C(Cl)Cl)C2(C)C)cc1. The summed E-state index contributed by atoms with van der Waals surface area (Å²) in [4.78, 5) is 12.6. The minimum atomic E-state index is -0.250. The molecule has 1 aliphatic rings. The fraction of sp³-hybridized carbons (Fsp3) is 0.353. The van der Waals surface area contributed by atoms with Gasteiger partial charge in [-0.15, -0.1) is 0 Å². The molecule has 1 heterocycles. The number of hydrogen-bond acceptors (Lipinski definition) is 5. The third-order valence-electron chi connectivity index (χ3n) is 4.59. The van der Waals surface area contributed by atoms with Crippen LogP contribution in [0.5, 0.6) is 5.75 Å². The summed E-state index contributed by atoms with van der Waals surface area (Å²) in [5.74, 6) is 0.546. The Morgan fingerprint density at radius 2 is 1.96 bits per heavy atom. The van der Waals surface area contributed by atoms with Gasteiger partial charge < -0.3 is 10.1 Å². The summed E-state index contributed by atoms with van der Waals surface area (Å²) in [5, 5.41) is 10.5. The number of carbonyl (C=O) groups is 1. The Kier molecular flexibility index (Phi) is 4.75. The second kappa shape index (κ2) is 6.69. The number of nitrogens with one attached hydrogen (secondary N) is 1. The third kappa shape index (κ3) is 3.50. The van der Waals surface area contributed by atoms with Crippen molar-refractivity contribution in [3.8, 4) is 17.0 Å². The Morgan fingerprint density at radius 3 is 2.56 bits per heavy atom. The second-order valence-corrected chi connectivity index (χ2v) is 7.47. The van der Waals surface area contributed by atoms with Gasteiger partial charge >= 0.3 is 0 Å². The van der Waals surface area contributed by atoms with Crippen LogP contribution in [0, 0.1) is 17.3 Å². The van der Waals surface area contributed by atoms with Gasteiger partial charge in [0.25, 0.3) is 0 Å². The summed E-state index contributed by atoms with van der Waals surface area (Å²) in [6.45, 7) is 3.97. The summed E-state index contributed by atoms with van der Waals surface area (Å²) in [6.07, 6.45) is 1.69. The number of rotatable bonds is 5. The molecule has 3 rings (SSSR count). The highest BCUT2D eigenvalue weighted by molar-refractivity contribution is 6.55. The molecule has 0 unspecified atom stereocenters. The Morgan fingerprint density at radius 1 is 1.28 bits per heavy atom. The lowest BCUT2D eigenvalue weighted by molar-refractivity contribution is -0.118. The Labute approximate surface area is 155 Å². The highest BCUT2D eigenvalue weighted by Crippen LogP contribution is 2.60. The Balaban J connectivity index is 1.77. The lowest BCUT2D eigenvalue weighted by Gasteiger charge is -2.05. The maximum absolute atomic E-state index is 12.6. The van der Waals surface area contributed by atoms with E-state index >= 15 is 0 Å². The molecule has 1 aromatic heterocycles. The first-order valence-corrected chi connectivity index (χ1v) is 8.41. The number of aromatic nitrogens is 2. The van der Waals surface area contributed by atoms with Crippen LogP contribution in [0.2, 0.25) is 0 Å². The van der Waals surface area contributed by atoms with Gasteiger partial charge in [0.15, 0.2) is 5.69 Å². The van der Waals surface area contributed by atoms with Crippen molar-refractivity contribution in [3.63, 3.8) is 0 Å². The van der Waals surface area contributed by atoms with Gasteiger partial charge in [0.2, 0.25) is 11.7 Å². The van der Waals surface area contributed by atoms with E-state index in [1.54, 1.807) is 25.3 Å². The highest BCUT2D eigenvalue weighted by atomic mass is 35.5. The van der Waals surface area contributed by atoms with Gasteiger partial charge in [-0.05, 0) is 52.0 Å². The van der Waals surface area contributed by atoms with Crippen LogP contribution >= 0.6 is 23.2 Å². The molecule has 2 atom stereocenters. The average molecular weight is 382 g/mol. The van der Waals surface area contributed by atoms with Crippen LogP contribution in [0.4, 0.5) is 5.82 Å². The van der Waals surface area contributed by atoms with Crippen LogP contribution in [0.3, 0.4) is 0 Å². The van der Waals surface area contributed by atoms with Gasteiger partial charge in [0, 0.05) is 5.56 Å². The van der Waals surface area contributed by atoms with E-state index in [1.807, 2.05) is 26.0 Å². The van der Waals surface area contributed by atoms with E-state index in [2.05, 4.69) is 15.6 Å². The summed E-state index contributed by atoms with van der Waals surface area (Å²) >= 11 is 11.5. The molecule has 1 saturated carbocycles. The van der Waals surface area contributed by atoms with Crippen molar-refractivity contribution in [3.05, 3.63) is 34.8 Å². The lowest BCUT2D eigenvalue weighted by atomic mass is 10.1. The largest absolute Gasteiger partial charge is 0.497 e. The highest BCUT2D eigenvalue weighted by Gasteiger charge is 2.60. The number of ether oxygens (including phenoxy) is 1. The molecule has 25 heavy (non-hydrogen) atoms. The van der Waals surface area contributed by atoms with Crippen LogP contribution in [-0.2, 0) is 4.79 Å². The van der Waals surface area contributed by atoms with Gasteiger partial charge in [-0.2, -0.15) is 0 Å². The first kappa shape index (κ1) is 17.8. The molecule has 0 bridgehead atoms. The maximum Gasteiger partial charge on any atom is 0.229 e. The quantitative estimate of drug-likeness (QED) is 0.836. The standard InChI is InChI=1S/C17H17Cl2N3O3/c1-17(2)11(8-12(18)19)13(17)16(23)20-15-14(21-25-22-15)9-4-6-10(24-3)7-5-9/h4-8,11,13H,1-3H3,(H,20,22,23)/t11-,13+/m0/s1. The molecule has 8 heteroatoms. The number of methoxy groups -OCH3 is 1. The zero-order valence-electron chi connectivity index (χ0n) is 13.9. The number of hydrogen-bond donors (Lipinski definition) is 1. The van der Waals surface area contributed by atoms with E-state index < -0.39 is 0 Å². The van der Waals surface area contributed by atoms with E-state index in [-0.39, 0.29) is 33.5 Å². The summed E-state index contributed by atoms with van der Waals surface area (Å²) in [6, 6.07) is 7.22. The molecule has 2 aromatic rings. The second-order valence-electron chi connectivity index (χ2n) is 6.46. The molecular formula is C17H17Cl2N3O3. The number of anilines is 1. The monoisotopic (exact) mass is 381 g/mol. The molecule has 1 amide bonds. The molecule has 0 saturated heterocycles. The normalized spacial score (nSPS) is 20.7. The third-order valence-corrected chi connectivity index (χ3v) is 4.84. The Bertz CT molecular complexity index is 811. The van der Waals surface area contributed by atoms with Crippen molar-refractivity contribution in [2.24, 2.45) is 17.3 Å². The summed E-state index contributed by atoms with van der Waals surface area (Å²) in [5.41, 5.74) is 0.987. The smallest absolute Gasteiger partial charge is 0.229 e. The zero-order chi connectivity index (χ0) is 18.2. The molecule has 6 nitrogen and oxygen atoms in total. The fourth-order valence-electron chi connectivity index (χ4n) is 3.03. The molecule has 132 valence electrons. The average Bonchev–Trinajstić information content (AvgIpc) is 2.90. The van der Waals surface area contributed by atoms with Crippen molar-refractivity contribution in [1.29, 1.82) is 0 Å². The van der Waals surface area contributed by atoms with Gasteiger partial charge in [-0.25, -0.2) is 4.63 Å². The molecule has 1 aliphatic carbocycles. The first-order chi connectivity index (χ1) is 11.8. The fourth-order valence-corrected chi connectivity index (χ4v) is 3.30. The molecule has 1 N–H and O–H groups in total. The van der Waals surface area contributed by atoms with Crippen LogP contribution in [-0.4, -0.2) is 23.3 Å². The van der Waals surface area contributed by atoms with Crippen molar-refractivity contribution < 1.29 is 14.2 Å². The minimum absolute atomic E-state index is 0.0261. The van der Waals surface area contributed by atoms with Crippen molar-refractivity contribution in [1.82, 2.24) is 10.3 Å². The topological polar surface area (TPSA) is 77.2 Å². The zero-order valence-corrected chi connectivity index (χ0v) is 15.4. The van der Waals surface area contributed by atoms with E-state index in [0.717, 1.165) is 11.3 Å². The number of allylic oxidation sites excluding steroid dienone is 1.